The van der Waals surface area contributed by atoms with Crippen LogP contribution in [0.5, 0.6) is 23.0 Å². The Balaban J connectivity index is 0.000000179. The van der Waals surface area contributed by atoms with Crippen LogP contribution in [0.3, 0.4) is 0 Å². The Morgan fingerprint density at radius 3 is 1.32 bits per heavy atom. The van der Waals surface area contributed by atoms with Crippen LogP contribution >= 0.6 is 22.7 Å². The number of thiazole rings is 2. The van der Waals surface area contributed by atoms with E-state index >= 15 is 0 Å². The molecule has 2 aliphatic carbocycles. The molecule has 6 aliphatic heterocycles. The highest BCUT2D eigenvalue weighted by atomic mass is 32.1. The third-order valence-corrected chi connectivity index (χ3v) is 23.5. The molecule has 4 N–H and O–H groups in total. The molecule has 133 heavy (non-hydrogen) atoms. The lowest BCUT2D eigenvalue weighted by molar-refractivity contribution is -0.263. The first-order valence-electron chi connectivity index (χ1n) is 42.8. The van der Waals surface area contributed by atoms with Gasteiger partial charge in [0.15, 0.2) is 46.0 Å². The molecule has 0 radical (unpaired) electrons. The number of nitrogens with two attached hydrogens (primary N) is 1. The van der Waals surface area contributed by atoms with E-state index in [4.69, 9.17) is 62.9 Å². The summed E-state index contributed by atoms with van der Waals surface area (Å²) in [5.41, 5.74) is 1.25. The molecule has 698 valence electrons. The number of carboxylic acid groups (broad SMARTS) is 1. The fraction of sp³-hybridized carbons (Fsp3) is 0.406. The molecule has 5 atom stereocenters. The van der Waals surface area contributed by atoms with Crippen molar-refractivity contribution in [2.75, 3.05) is 13.2 Å². The van der Waals surface area contributed by atoms with Gasteiger partial charge in [0.05, 0.1) is 41.5 Å². The molecule has 16 rings (SSSR count). The maximum atomic E-state index is 14.4. The number of aliphatic hydroxyl groups is 1. The minimum Gasteiger partial charge on any atom is -0.480 e. The van der Waals surface area contributed by atoms with E-state index in [1.807, 2.05) is 121 Å². The zero-order valence-electron chi connectivity index (χ0n) is 75.4. The van der Waals surface area contributed by atoms with Crippen molar-refractivity contribution in [2.24, 2.45) is 27.9 Å². The second kappa shape index (κ2) is 36.8. The number of fused-ring (bicyclic) bond motifs is 4. The van der Waals surface area contributed by atoms with E-state index in [1.165, 1.54) is 33.6 Å². The molecular weight excluding hydrogens is 1760 g/mol. The number of carboxylic acids is 1. The maximum absolute atomic E-state index is 14.4. The van der Waals surface area contributed by atoms with Gasteiger partial charge in [-0.2, -0.15) is 5.06 Å². The number of hydrogen-bond acceptors (Lipinski definition) is 32. The molecule has 8 aromatic rings. The summed E-state index contributed by atoms with van der Waals surface area (Å²) >= 11 is 2.57. The number of carbonyl (C=O) groups excluding carboxylic acids is 12. The fourth-order valence-corrected chi connectivity index (χ4v) is 16.4. The van der Waals surface area contributed by atoms with Gasteiger partial charge < -0.3 is 78.1 Å². The number of aliphatic carboxylic acids is 1. The summed E-state index contributed by atoms with van der Waals surface area (Å²) in [5, 5.41) is 32.3. The van der Waals surface area contributed by atoms with Gasteiger partial charge in [-0.25, -0.2) is 38.7 Å². The Labute approximate surface area is 772 Å². The predicted molar refractivity (Wildman–Crippen MR) is 472 cm³/mol. The first kappa shape index (κ1) is 95.4. The molecule has 35 nitrogen and oxygen atoms in total. The molecule has 0 bridgehead atoms. The minimum atomic E-state index is -2.48. The molecule has 2 saturated heterocycles. The monoisotopic (exact) mass is 1860 g/mol. The van der Waals surface area contributed by atoms with Crippen molar-refractivity contribution in [1.82, 2.24) is 24.8 Å². The minimum absolute atomic E-state index is 0.0694. The van der Waals surface area contributed by atoms with Gasteiger partial charge in [-0.05, 0) is 132 Å². The number of Topliss-reactive ketones (excluding diaryl/α,β-unsaturated/α-hetero) is 3. The number of esters is 5. The number of ketones is 3. The number of ether oxygens (including phenoxy) is 9. The number of hydrogen-bond donors (Lipinski definition) is 3. The number of aryl methyl sites for hydroxylation is 2. The SMILES string of the molecule is CC(C)(C)OC(=O)C(=O)C[C@@H](C(=O)O)N1Cc2cc3c(cc2C1=O)OC(c1ccccc1)(c1ccccc1)O3.Cc1nc(/C(=N/OC2(C(=O)OC(C)(C)C)CC2)C(=O)C[C@@H](CO)C(N)=O)cs1.Cc1nc(/C(=N/OC2(C(=O)OC(C)(C)C)CC2)C(=O)C[C@H]2CON(C3(C(=O)OC(C)(C)C)C[C@H](N4Cc5cc6c(cc5C4=O)OC(c4ccccc4)(c4ccccc4)O6)C(=O)O3)C2=O)cs1. The first-order valence-corrected chi connectivity index (χ1v) is 44.6. The van der Waals surface area contributed by atoms with Crippen LogP contribution in [0.2, 0.25) is 0 Å². The Kier molecular flexibility index (Phi) is 26.4. The van der Waals surface area contributed by atoms with Crippen LogP contribution in [0.25, 0.3) is 0 Å². The van der Waals surface area contributed by atoms with Crippen molar-refractivity contribution in [1.29, 1.82) is 0 Å². The Hall–Kier alpha value is -13.7. The van der Waals surface area contributed by atoms with Crippen molar-refractivity contribution in [3.8, 4) is 23.0 Å². The summed E-state index contributed by atoms with van der Waals surface area (Å²) in [5.74, 6) is -14.3. The molecular formula is C96H100N8O27S2. The lowest BCUT2D eigenvalue weighted by atomic mass is 9.97. The summed E-state index contributed by atoms with van der Waals surface area (Å²) < 4.78 is 53.5. The lowest BCUT2D eigenvalue weighted by Gasteiger charge is -2.35. The van der Waals surface area contributed by atoms with E-state index in [1.54, 1.807) is 126 Å². The number of nitrogens with zero attached hydrogens (tertiary/aromatic N) is 7. The summed E-state index contributed by atoms with van der Waals surface area (Å²) in [6.07, 6.45) is -0.595. The van der Waals surface area contributed by atoms with E-state index in [2.05, 4.69) is 20.3 Å². The second-order valence-corrected chi connectivity index (χ2v) is 39.1. The topological polar surface area (TPSA) is 459 Å². The number of aromatic nitrogens is 2. The van der Waals surface area contributed by atoms with Crippen molar-refractivity contribution in [3.63, 3.8) is 0 Å². The van der Waals surface area contributed by atoms with E-state index in [-0.39, 0.29) is 53.4 Å². The number of aliphatic hydroxyl groups excluding tert-OH is 1. The number of rotatable bonds is 28. The normalized spacial score (nSPS) is 19.6. The van der Waals surface area contributed by atoms with Gasteiger partial charge in [-0.15, -0.1) is 22.7 Å². The molecule has 2 aromatic heterocycles. The summed E-state index contributed by atoms with van der Waals surface area (Å²) in [6.45, 7) is 22.4. The summed E-state index contributed by atoms with van der Waals surface area (Å²) in [4.78, 5) is 198. The van der Waals surface area contributed by atoms with Crippen LogP contribution in [0, 0.1) is 25.7 Å². The Bertz CT molecular complexity index is 5920. The van der Waals surface area contributed by atoms with E-state index in [0.717, 1.165) is 27.2 Å². The third-order valence-electron chi connectivity index (χ3n) is 22.0. The number of oxime groups is 2. The number of benzene rings is 6. The van der Waals surface area contributed by atoms with Gasteiger partial charge in [0, 0.05) is 102 Å². The van der Waals surface area contributed by atoms with Gasteiger partial charge in [0.2, 0.25) is 22.9 Å². The van der Waals surface area contributed by atoms with Gasteiger partial charge in [0.25, 0.3) is 17.7 Å². The average Bonchev–Trinajstić information content (AvgIpc) is 1.57. The standard InChI is InChI=1S/C48H48N4O13S.C30H27NO8.C18H25N3O6S/c1-27-49-33(26-66-27)38(50-65-46(18-19-46)42(57)63-44(2,3)4)35(53)20-29-25-59-52(39(29)54)47(43(58)64-45(5,6)7)23-34(41(56)62-47)51-24-28-21-36-37(22-32(28)40(51)55)61-48(60-36,30-14-10-8-11-15-30)31-16-12-9-13-17-31;1-29(2,3)39-28(36)23(32)16-22(27(34)35)31-17-18-14-24-25(15-21(18)26(31)33)38-30(37-24,19-10-6-4-7-11-19)20-12-8-5-9-13-20;1-10-20-12(9-28-10)14(13(23)7-11(8-22)15(19)24)21-27-18(5-6-18)16(25)26-17(2,3)4/h8-17,21-22,26,29,34H,18-20,23-25H2,1-7H3;4-15,22H,16-17H2,1-3H3,(H,34,35);9,11,22H,5-8H2,1-4H3,(H2,19,24)/b50-38-;;21-14-/t29-,34-,47?;22-;11-/m000/s1. The summed E-state index contributed by atoms with van der Waals surface area (Å²) in [7, 11) is 0. The number of cyclic esters (lactones) is 1. The quantitative estimate of drug-likeness (QED) is 0.0135. The van der Waals surface area contributed by atoms with Gasteiger partial charge in [0.1, 0.15) is 45.9 Å². The molecule has 4 fully saturated rings. The molecule has 8 aliphatic rings. The van der Waals surface area contributed by atoms with Crippen LogP contribution in [0.4, 0.5) is 0 Å². The van der Waals surface area contributed by atoms with Crippen molar-refractivity contribution < 1.29 is 130 Å². The first-order chi connectivity index (χ1) is 62.7. The van der Waals surface area contributed by atoms with Gasteiger partial charge >= 0.3 is 53.1 Å². The van der Waals surface area contributed by atoms with Crippen LogP contribution in [-0.2, 0) is 116 Å². The van der Waals surface area contributed by atoms with Crippen LogP contribution < -0.4 is 24.7 Å². The van der Waals surface area contributed by atoms with Gasteiger partial charge in [-0.1, -0.05) is 132 Å². The smallest absolute Gasteiger partial charge is 0.375 e. The molecule has 6 aromatic carbocycles. The number of carbonyl (C=O) groups is 13. The molecule has 4 amide bonds. The molecule has 2 saturated carbocycles. The van der Waals surface area contributed by atoms with Gasteiger partial charge in [-0.3, -0.25) is 38.4 Å². The predicted octanol–water partition coefficient (Wildman–Crippen LogP) is 11.2. The third kappa shape index (κ3) is 20.5. The molecule has 1 unspecified atom stereocenters. The van der Waals surface area contributed by atoms with E-state index in [9.17, 15) is 72.5 Å². The molecule has 37 heteroatoms. The Morgan fingerprint density at radius 1 is 0.526 bits per heavy atom. The highest BCUT2D eigenvalue weighted by Gasteiger charge is 2.66. The number of amides is 4. The zero-order chi connectivity index (χ0) is 96.0. The van der Waals surface area contributed by atoms with Crippen molar-refractivity contribution in [3.05, 3.63) is 222 Å². The number of hydroxylamine groups is 2. The number of primary amides is 1. The highest BCUT2D eigenvalue weighted by molar-refractivity contribution is 7.10. The fourth-order valence-electron chi connectivity index (χ4n) is 15.2. The molecule has 0 spiro atoms. The van der Waals surface area contributed by atoms with Crippen LogP contribution in [0.15, 0.2) is 167 Å². The van der Waals surface area contributed by atoms with Crippen molar-refractivity contribution in [2.45, 2.75) is 224 Å². The Morgan fingerprint density at radius 2 is 0.932 bits per heavy atom. The average molecular weight is 1860 g/mol. The van der Waals surface area contributed by atoms with Crippen molar-refractivity contribution >= 4 is 111 Å². The lowest BCUT2D eigenvalue weighted by Crippen LogP contribution is -2.57. The van der Waals surface area contributed by atoms with E-state index < -0.39 is 184 Å². The van der Waals surface area contributed by atoms with E-state index in [0.29, 0.717) is 74.9 Å². The van der Waals surface area contributed by atoms with Crippen LogP contribution in [0.1, 0.15) is 210 Å². The maximum Gasteiger partial charge on any atom is 0.375 e. The second-order valence-electron chi connectivity index (χ2n) is 37.0. The highest BCUT2D eigenvalue weighted by Crippen LogP contribution is 2.53. The molecule has 8 heterocycles. The van der Waals surface area contributed by atoms with Crippen LogP contribution in [-0.4, -0.2) is 188 Å². The summed E-state index contributed by atoms with van der Waals surface area (Å²) in [6, 6.07) is 41.2. The largest absolute Gasteiger partial charge is 0.480 e. The zero-order valence-corrected chi connectivity index (χ0v) is 77.1.